The Hall–Kier alpha value is -0.370. The summed E-state index contributed by atoms with van der Waals surface area (Å²) in [6, 6.07) is 0. The minimum Gasteiger partial charge on any atom is -0.370 e. The van der Waals surface area contributed by atoms with Crippen LogP contribution in [0, 0.1) is 0 Å². The van der Waals surface area contributed by atoms with Gasteiger partial charge in [0.15, 0.2) is 0 Å². The molecule has 0 bridgehead atoms. The number of hydrogen-bond donors (Lipinski definition) is 0. The third-order valence-corrected chi connectivity index (χ3v) is 2.53. The van der Waals surface area contributed by atoms with Crippen LogP contribution in [0.2, 0.25) is 0 Å². The topological polar surface area (TPSA) is 21.6 Å². The van der Waals surface area contributed by atoms with E-state index in [0.29, 0.717) is 0 Å². The van der Waals surface area contributed by atoms with E-state index in [1.807, 2.05) is 6.92 Å². The van der Waals surface area contributed by atoms with Crippen molar-refractivity contribution in [2.45, 2.75) is 59.5 Å². The van der Waals surface area contributed by atoms with E-state index < -0.39 is 0 Å². The Bertz CT molecular complexity index is 169. The highest BCUT2D eigenvalue weighted by Crippen LogP contribution is 2.20. The van der Waals surface area contributed by atoms with Gasteiger partial charge in [-0.2, -0.15) is 0 Å². The molecule has 0 aromatic carbocycles. The molecule has 0 fully saturated rings. The minimum absolute atomic E-state index is 0.140. The fraction of sp³-hybridized carbons (Fsp3) is 0.917. The average Bonchev–Trinajstić information content (AvgIpc) is 2.15. The van der Waals surface area contributed by atoms with Crippen LogP contribution in [0.4, 0.5) is 0 Å². The molecule has 0 aliphatic heterocycles. The van der Waals surface area contributed by atoms with Crippen LogP contribution in [-0.4, -0.2) is 24.5 Å². The van der Waals surface area contributed by atoms with Gasteiger partial charge in [-0.1, -0.05) is 20.3 Å². The number of aliphatic imine (C=N–C) groups is 1. The minimum atomic E-state index is -0.140. The Balaban J connectivity index is 4.44. The molecule has 0 N–H and O–H groups in total. The molecule has 1 atom stereocenters. The van der Waals surface area contributed by atoms with Gasteiger partial charge in [0.25, 0.3) is 0 Å². The van der Waals surface area contributed by atoms with Crippen LogP contribution in [0.1, 0.15) is 53.9 Å². The SMILES string of the molecule is CCCN=C(C)C(C)(CCC)OCC. The van der Waals surface area contributed by atoms with E-state index in [-0.39, 0.29) is 5.60 Å². The highest BCUT2D eigenvalue weighted by Gasteiger charge is 2.26. The summed E-state index contributed by atoms with van der Waals surface area (Å²) >= 11 is 0. The molecule has 0 aliphatic carbocycles. The molecular weight excluding hydrogens is 174 g/mol. The third-order valence-electron chi connectivity index (χ3n) is 2.53. The average molecular weight is 199 g/mol. The summed E-state index contributed by atoms with van der Waals surface area (Å²) < 4.78 is 5.80. The quantitative estimate of drug-likeness (QED) is 0.575. The molecule has 0 heterocycles. The molecule has 84 valence electrons. The summed E-state index contributed by atoms with van der Waals surface area (Å²) in [7, 11) is 0. The second-order valence-corrected chi connectivity index (χ2v) is 3.88. The first-order chi connectivity index (χ1) is 6.60. The maximum Gasteiger partial charge on any atom is 0.103 e. The predicted molar refractivity (Wildman–Crippen MR) is 63.2 cm³/mol. The van der Waals surface area contributed by atoms with Crippen molar-refractivity contribution in [1.82, 2.24) is 0 Å². The first kappa shape index (κ1) is 13.6. The molecule has 1 unspecified atom stereocenters. The van der Waals surface area contributed by atoms with E-state index in [1.54, 1.807) is 0 Å². The van der Waals surface area contributed by atoms with Crippen LogP contribution in [0.25, 0.3) is 0 Å². The molecule has 0 amide bonds. The van der Waals surface area contributed by atoms with Crippen molar-refractivity contribution in [3.05, 3.63) is 0 Å². The molecule has 0 radical (unpaired) electrons. The van der Waals surface area contributed by atoms with Gasteiger partial charge in [-0.25, -0.2) is 0 Å². The van der Waals surface area contributed by atoms with Gasteiger partial charge in [-0.3, -0.25) is 4.99 Å². The molecule has 0 rings (SSSR count). The molecule has 0 saturated carbocycles. The predicted octanol–water partition coefficient (Wildman–Crippen LogP) is 3.45. The summed E-state index contributed by atoms with van der Waals surface area (Å²) in [4.78, 5) is 4.54. The molecule has 2 nitrogen and oxygen atoms in total. The van der Waals surface area contributed by atoms with Gasteiger partial charge in [0.05, 0.1) is 0 Å². The lowest BCUT2D eigenvalue weighted by atomic mass is 9.95. The van der Waals surface area contributed by atoms with E-state index >= 15 is 0 Å². The second-order valence-electron chi connectivity index (χ2n) is 3.88. The zero-order valence-corrected chi connectivity index (χ0v) is 10.4. The summed E-state index contributed by atoms with van der Waals surface area (Å²) in [6.07, 6.45) is 3.29. The van der Waals surface area contributed by atoms with Crippen molar-refractivity contribution in [1.29, 1.82) is 0 Å². The van der Waals surface area contributed by atoms with Gasteiger partial charge in [0.2, 0.25) is 0 Å². The molecule has 0 saturated heterocycles. The molecule has 0 spiro atoms. The number of nitrogens with zero attached hydrogens (tertiary/aromatic N) is 1. The summed E-state index contributed by atoms with van der Waals surface area (Å²) in [5, 5.41) is 0. The number of ether oxygens (including phenoxy) is 1. The monoisotopic (exact) mass is 199 g/mol. The van der Waals surface area contributed by atoms with Gasteiger partial charge in [0, 0.05) is 18.9 Å². The summed E-state index contributed by atoms with van der Waals surface area (Å²) in [5.41, 5.74) is 1.00. The van der Waals surface area contributed by atoms with Crippen molar-refractivity contribution in [2.24, 2.45) is 4.99 Å². The largest absolute Gasteiger partial charge is 0.370 e. The molecule has 14 heavy (non-hydrogen) atoms. The Kier molecular flexibility index (Phi) is 6.81. The van der Waals surface area contributed by atoms with Crippen LogP contribution >= 0.6 is 0 Å². The third kappa shape index (κ3) is 4.23. The van der Waals surface area contributed by atoms with Crippen LogP contribution in [0.15, 0.2) is 4.99 Å². The lowest BCUT2D eigenvalue weighted by molar-refractivity contribution is 0.0222. The van der Waals surface area contributed by atoms with E-state index in [4.69, 9.17) is 4.74 Å². The first-order valence-electron chi connectivity index (χ1n) is 5.76. The fourth-order valence-electron chi connectivity index (χ4n) is 1.60. The fourth-order valence-corrected chi connectivity index (χ4v) is 1.60. The molecule has 0 aromatic rings. The van der Waals surface area contributed by atoms with Crippen molar-refractivity contribution in [3.8, 4) is 0 Å². The molecular formula is C12H25NO. The van der Waals surface area contributed by atoms with Crippen LogP contribution in [0.5, 0.6) is 0 Å². The molecule has 0 aliphatic rings. The first-order valence-corrected chi connectivity index (χ1v) is 5.76. The van der Waals surface area contributed by atoms with E-state index in [2.05, 4.69) is 32.7 Å². The summed E-state index contributed by atoms with van der Waals surface area (Å²) in [5.74, 6) is 0. The maximum absolute atomic E-state index is 5.80. The van der Waals surface area contributed by atoms with E-state index in [0.717, 1.165) is 38.1 Å². The number of rotatable bonds is 7. The smallest absolute Gasteiger partial charge is 0.103 e. The number of hydrogen-bond acceptors (Lipinski definition) is 2. The summed E-state index contributed by atoms with van der Waals surface area (Å²) in [6.45, 7) is 12.3. The van der Waals surface area contributed by atoms with Gasteiger partial charge in [-0.05, 0) is 33.6 Å². The van der Waals surface area contributed by atoms with Gasteiger partial charge in [-0.15, -0.1) is 0 Å². The van der Waals surface area contributed by atoms with Crippen molar-refractivity contribution < 1.29 is 4.74 Å². The van der Waals surface area contributed by atoms with E-state index in [1.165, 1.54) is 0 Å². The normalized spacial score (nSPS) is 16.8. The maximum atomic E-state index is 5.80. The van der Waals surface area contributed by atoms with Gasteiger partial charge in [0.1, 0.15) is 5.60 Å². The lowest BCUT2D eigenvalue weighted by Gasteiger charge is -2.29. The second kappa shape index (κ2) is 6.99. The lowest BCUT2D eigenvalue weighted by Crippen LogP contribution is -2.37. The van der Waals surface area contributed by atoms with Crippen LogP contribution < -0.4 is 0 Å². The highest BCUT2D eigenvalue weighted by atomic mass is 16.5. The Morgan fingerprint density at radius 1 is 1.21 bits per heavy atom. The van der Waals surface area contributed by atoms with Crippen LogP contribution in [-0.2, 0) is 4.74 Å². The van der Waals surface area contributed by atoms with Crippen molar-refractivity contribution in [2.75, 3.05) is 13.2 Å². The highest BCUT2D eigenvalue weighted by molar-refractivity contribution is 5.90. The van der Waals surface area contributed by atoms with E-state index in [9.17, 15) is 0 Å². The Morgan fingerprint density at radius 3 is 2.29 bits per heavy atom. The zero-order valence-electron chi connectivity index (χ0n) is 10.4. The molecule has 2 heteroatoms. The Morgan fingerprint density at radius 2 is 1.86 bits per heavy atom. The zero-order chi connectivity index (χ0) is 11.0. The Labute approximate surface area is 88.8 Å². The van der Waals surface area contributed by atoms with Gasteiger partial charge < -0.3 is 4.74 Å². The van der Waals surface area contributed by atoms with Gasteiger partial charge >= 0.3 is 0 Å². The van der Waals surface area contributed by atoms with Crippen LogP contribution in [0.3, 0.4) is 0 Å². The van der Waals surface area contributed by atoms with Crippen molar-refractivity contribution in [3.63, 3.8) is 0 Å². The molecule has 0 aromatic heterocycles. The van der Waals surface area contributed by atoms with Crippen molar-refractivity contribution >= 4 is 5.71 Å². The standard InChI is InChI=1S/C12H25NO/c1-6-9-12(5,14-8-3)11(4)13-10-7-2/h6-10H2,1-5H3.